The van der Waals surface area contributed by atoms with E-state index in [1.807, 2.05) is 28.8 Å². The van der Waals surface area contributed by atoms with Gasteiger partial charge in [-0.15, -0.1) is 0 Å². The van der Waals surface area contributed by atoms with E-state index >= 15 is 0 Å². The predicted molar refractivity (Wildman–Crippen MR) is 115 cm³/mol. The number of alkyl halides is 3. The molecule has 6 nitrogen and oxygen atoms in total. The van der Waals surface area contributed by atoms with Crippen molar-refractivity contribution in [3.05, 3.63) is 66.2 Å². The molecule has 0 spiro atoms. The van der Waals surface area contributed by atoms with Crippen LogP contribution < -0.4 is 5.73 Å². The second kappa shape index (κ2) is 8.41. The summed E-state index contributed by atoms with van der Waals surface area (Å²) in [5.74, 6) is 0.519. The summed E-state index contributed by atoms with van der Waals surface area (Å²) in [6, 6.07) is 12.7. The molecule has 0 bridgehead atoms. The Labute approximate surface area is 182 Å². The molecule has 1 aromatic carbocycles. The zero-order chi connectivity index (χ0) is 22.9. The summed E-state index contributed by atoms with van der Waals surface area (Å²) in [6.45, 7) is 1.77. The lowest BCUT2D eigenvalue weighted by Gasteiger charge is -2.08. The third-order valence-electron chi connectivity index (χ3n) is 4.98. The molecule has 0 amide bonds. The zero-order valence-electron chi connectivity index (χ0n) is 17.2. The zero-order valence-corrected chi connectivity index (χ0v) is 17.2. The SMILES string of the molecule is Cc1nc(N)cc(-c2ccn3c(-c4cccc(CC(=O)CCC(F)(F)F)c4)cnc3c2)n1. The molecule has 0 aliphatic carbocycles. The standard InChI is InChI=1S/C23H20F3N5O/c1-14-29-19(12-21(27)30-14)16-6-8-31-20(13-28-22(31)11-16)17-4-2-3-15(9-17)10-18(32)5-7-23(24,25)26/h2-4,6,8-9,11-13H,5,7,10H2,1H3,(H2,27,29,30). The Hall–Kier alpha value is -3.75. The number of carbonyl (C=O) groups is 1. The number of nitrogens with zero attached hydrogens (tertiary/aromatic N) is 4. The van der Waals surface area contributed by atoms with Crippen LogP contribution in [-0.2, 0) is 11.2 Å². The number of carbonyl (C=O) groups excluding carboxylic acids is 1. The summed E-state index contributed by atoms with van der Waals surface area (Å²) in [6.07, 6.45) is -2.41. The maximum atomic E-state index is 12.4. The third-order valence-corrected chi connectivity index (χ3v) is 4.98. The number of anilines is 1. The lowest BCUT2D eigenvalue weighted by atomic mass is 10.0. The molecule has 0 atom stereocenters. The molecule has 3 heterocycles. The lowest BCUT2D eigenvalue weighted by molar-refractivity contribution is -0.143. The van der Waals surface area contributed by atoms with Crippen molar-refractivity contribution in [1.82, 2.24) is 19.4 Å². The molecule has 4 rings (SSSR count). The van der Waals surface area contributed by atoms with Crippen LogP contribution in [0.15, 0.2) is 54.9 Å². The number of rotatable bonds is 6. The van der Waals surface area contributed by atoms with E-state index in [1.54, 1.807) is 37.4 Å². The monoisotopic (exact) mass is 439 g/mol. The first-order valence-electron chi connectivity index (χ1n) is 9.94. The number of nitrogen functional groups attached to an aromatic ring is 1. The van der Waals surface area contributed by atoms with Crippen LogP contribution in [0.3, 0.4) is 0 Å². The Balaban J connectivity index is 1.59. The molecule has 32 heavy (non-hydrogen) atoms. The maximum absolute atomic E-state index is 12.4. The normalized spacial score (nSPS) is 11.8. The van der Waals surface area contributed by atoms with Crippen molar-refractivity contribution in [2.75, 3.05) is 5.73 Å². The molecule has 0 aliphatic heterocycles. The number of aromatic nitrogens is 4. The number of aryl methyl sites for hydroxylation is 1. The van der Waals surface area contributed by atoms with Gasteiger partial charge in [0, 0.05) is 36.2 Å². The van der Waals surface area contributed by atoms with E-state index in [2.05, 4.69) is 15.0 Å². The topological polar surface area (TPSA) is 86.2 Å². The van der Waals surface area contributed by atoms with Crippen LogP contribution in [0.25, 0.3) is 28.2 Å². The molecule has 4 aromatic rings. The highest BCUT2D eigenvalue weighted by atomic mass is 19.4. The highest BCUT2D eigenvalue weighted by molar-refractivity contribution is 5.81. The van der Waals surface area contributed by atoms with Gasteiger partial charge in [0.25, 0.3) is 0 Å². The fourth-order valence-corrected chi connectivity index (χ4v) is 3.53. The van der Waals surface area contributed by atoms with Gasteiger partial charge in [0.05, 0.1) is 24.0 Å². The molecule has 2 N–H and O–H groups in total. The minimum atomic E-state index is -4.33. The van der Waals surface area contributed by atoms with Crippen molar-refractivity contribution < 1.29 is 18.0 Å². The van der Waals surface area contributed by atoms with E-state index in [0.717, 1.165) is 16.8 Å². The fraction of sp³-hybridized carbons (Fsp3) is 0.217. The number of Topliss-reactive ketones (excluding diaryl/α,β-unsaturated/α-hetero) is 1. The number of hydrogen-bond acceptors (Lipinski definition) is 5. The first kappa shape index (κ1) is 21.5. The first-order valence-corrected chi connectivity index (χ1v) is 9.94. The highest BCUT2D eigenvalue weighted by Gasteiger charge is 2.27. The second-order valence-corrected chi connectivity index (χ2v) is 7.54. The van der Waals surface area contributed by atoms with Crippen molar-refractivity contribution in [1.29, 1.82) is 0 Å². The molecule has 3 aromatic heterocycles. The molecule has 0 saturated carbocycles. The maximum Gasteiger partial charge on any atom is 0.389 e. The van der Waals surface area contributed by atoms with Crippen LogP contribution in [0.4, 0.5) is 19.0 Å². The van der Waals surface area contributed by atoms with Crippen molar-refractivity contribution in [2.24, 2.45) is 0 Å². The number of halogens is 3. The van der Waals surface area contributed by atoms with Crippen LogP contribution in [0, 0.1) is 6.92 Å². The van der Waals surface area contributed by atoms with Gasteiger partial charge in [-0.1, -0.05) is 18.2 Å². The Kier molecular flexibility index (Phi) is 5.65. The summed E-state index contributed by atoms with van der Waals surface area (Å²) < 4.78 is 39.0. The average Bonchev–Trinajstić information content (AvgIpc) is 3.14. The second-order valence-electron chi connectivity index (χ2n) is 7.54. The summed E-state index contributed by atoms with van der Waals surface area (Å²) >= 11 is 0. The van der Waals surface area contributed by atoms with E-state index in [0.29, 0.717) is 28.5 Å². The Morgan fingerprint density at radius 3 is 2.66 bits per heavy atom. The number of benzene rings is 1. The van der Waals surface area contributed by atoms with Crippen molar-refractivity contribution in [3.8, 4) is 22.5 Å². The van der Waals surface area contributed by atoms with E-state index in [1.165, 1.54) is 0 Å². The molecule has 9 heteroatoms. The van der Waals surface area contributed by atoms with Crippen LogP contribution >= 0.6 is 0 Å². The minimum absolute atomic E-state index is 0.0424. The number of ketones is 1. The molecule has 164 valence electrons. The minimum Gasteiger partial charge on any atom is -0.384 e. The third kappa shape index (κ3) is 4.93. The molecule has 0 fully saturated rings. The molecule has 0 saturated heterocycles. The van der Waals surface area contributed by atoms with Gasteiger partial charge in [0.1, 0.15) is 23.1 Å². The smallest absolute Gasteiger partial charge is 0.384 e. The number of imidazole rings is 1. The van der Waals surface area contributed by atoms with Crippen LogP contribution in [-0.4, -0.2) is 31.3 Å². The Morgan fingerprint density at radius 1 is 1.09 bits per heavy atom. The summed E-state index contributed by atoms with van der Waals surface area (Å²) in [4.78, 5) is 24.9. The number of fused-ring (bicyclic) bond motifs is 1. The number of nitrogens with two attached hydrogens (primary N) is 1. The summed E-state index contributed by atoms with van der Waals surface area (Å²) in [5, 5.41) is 0. The summed E-state index contributed by atoms with van der Waals surface area (Å²) in [5.41, 5.74) is 10.3. The molecule has 0 radical (unpaired) electrons. The van der Waals surface area contributed by atoms with E-state index in [4.69, 9.17) is 5.73 Å². The van der Waals surface area contributed by atoms with Gasteiger partial charge in [0.15, 0.2) is 0 Å². The van der Waals surface area contributed by atoms with Crippen LogP contribution in [0.5, 0.6) is 0 Å². The van der Waals surface area contributed by atoms with Crippen molar-refractivity contribution in [3.63, 3.8) is 0 Å². The van der Waals surface area contributed by atoms with Crippen LogP contribution in [0.2, 0.25) is 0 Å². The lowest BCUT2D eigenvalue weighted by Crippen LogP contribution is -2.12. The van der Waals surface area contributed by atoms with Gasteiger partial charge in [-0.25, -0.2) is 15.0 Å². The van der Waals surface area contributed by atoms with E-state index in [9.17, 15) is 18.0 Å². The van der Waals surface area contributed by atoms with Crippen molar-refractivity contribution in [2.45, 2.75) is 32.4 Å². The predicted octanol–water partition coefficient (Wildman–Crippen LogP) is 4.80. The first-order chi connectivity index (χ1) is 15.2. The van der Waals surface area contributed by atoms with Gasteiger partial charge in [0.2, 0.25) is 0 Å². The van der Waals surface area contributed by atoms with E-state index in [-0.39, 0.29) is 6.42 Å². The molecular weight excluding hydrogens is 419 g/mol. The Bertz CT molecular complexity index is 1280. The van der Waals surface area contributed by atoms with Crippen LogP contribution in [0.1, 0.15) is 24.2 Å². The van der Waals surface area contributed by atoms with Gasteiger partial charge in [-0.3, -0.25) is 9.20 Å². The highest BCUT2D eigenvalue weighted by Crippen LogP contribution is 2.26. The summed E-state index contributed by atoms with van der Waals surface area (Å²) in [7, 11) is 0. The number of pyridine rings is 1. The Morgan fingerprint density at radius 2 is 1.91 bits per heavy atom. The molecular formula is C23H20F3N5O. The van der Waals surface area contributed by atoms with E-state index < -0.39 is 24.8 Å². The van der Waals surface area contributed by atoms with Gasteiger partial charge in [-0.2, -0.15) is 13.2 Å². The fourth-order valence-electron chi connectivity index (χ4n) is 3.53. The molecule has 0 aliphatic rings. The van der Waals surface area contributed by atoms with Gasteiger partial charge < -0.3 is 5.73 Å². The number of hydrogen-bond donors (Lipinski definition) is 1. The quantitative estimate of drug-likeness (QED) is 0.466. The molecule has 0 unspecified atom stereocenters. The largest absolute Gasteiger partial charge is 0.389 e. The van der Waals surface area contributed by atoms with Crippen molar-refractivity contribution >= 4 is 17.2 Å². The van der Waals surface area contributed by atoms with Gasteiger partial charge in [-0.05, 0) is 30.7 Å². The average molecular weight is 439 g/mol. The van der Waals surface area contributed by atoms with Gasteiger partial charge >= 0.3 is 6.18 Å².